The molecule has 5 heteroatoms. The summed E-state index contributed by atoms with van der Waals surface area (Å²) < 4.78 is 0. The molecule has 0 saturated carbocycles. The zero-order chi connectivity index (χ0) is 18.1. The monoisotopic (exact) mass is 341 g/mol. The lowest BCUT2D eigenvalue weighted by Gasteiger charge is -2.19. The number of nitrogens with one attached hydrogen (secondary N) is 1. The minimum absolute atomic E-state index is 0.187. The summed E-state index contributed by atoms with van der Waals surface area (Å²) in [5, 5.41) is 4.16. The van der Waals surface area contributed by atoms with Gasteiger partial charge in [0.2, 0.25) is 0 Å². The van der Waals surface area contributed by atoms with Crippen molar-refractivity contribution < 1.29 is 9.59 Å². The molecule has 0 spiro atoms. The van der Waals surface area contributed by atoms with Crippen molar-refractivity contribution in [3.63, 3.8) is 0 Å². The molecule has 3 N–H and O–H groups in total. The minimum atomic E-state index is -0.237. The van der Waals surface area contributed by atoms with Crippen LogP contribution in [-0.2, 0) is 0 Å². The highest BCUT2D eigenvalue weighted by molar-refractivity contribution is 6.30. The van der Waals surface area contributed by atoms with Crippen molar-refractivity contribution in [1.29, 1.82) is 0 Å². The molecule has 0 fully saturated rings. The van der Waals surface area contributed by atoms with Gasteiger partial charge in [0.25, 0.3) is 0 Å². The maximum Gasteiger partial charge on any atom is 0.196 e. The van der Waals surface area contributed by atoms with E-state index in [-0.39, 0.29) is 22.8 Å². The predicted molar refractivity (Wildman–Crippen MR) is 102 cm³/mol. The zero-order valence-corrected chi connectivity index (χ0v) is 13.8. The average Bonchev–Trinajstić information content (AvgIpc) is 2.68. The number of benzene rings is 3. The summed E-state index contributed by atoms with van der Waals surface area (Å²) in [7, 11) is 0. The van der Waals surface area contributed by atoms with Crippen molar-refractivity contribution in [3.05, 3.63) is 94.5 Å². The lowest BCUT2D eigenvalue weighted by atomic mass is 9.82. The first-order chi connectivity index (χ1) is 12.7. The number of carbonyl (C=O) groups is 2. The fourth-order valence-electron chi connectivity index (χ4n) is 3.03. The number of nitrogen functional groups attached to an aromatic ring is 1. The number of ketones is 2. The molecule has 0 amide bonds. The fourth-order valence-corrected chi connectivity index (χ4v) is 3.03. The molecule has 0 atom stereocenters. The average molecular weight is 341 g/mol. The van der Waals surface area contributed by atoms with Crippen LogP contribution >= 0.6 is 0 Å². The molecule has 0 unspecified atom stereocenters. The van der Waals surface area contributed by atoms with Gasteiger partial charge in [0.15, 0.2) is 11.6 Å². The van der Waals surface area contributed by atoms with Gasteiger partial charge in [-0.3, -0.25) is 15.0 Å². The number of para-hydroxylation sites is 1. The highest BCUT2D eigenvalue weighted by atomic mass is 16.1. The van der Waals surface area contributed by atoms with Gasteiger partial charge in [-0.25, -0.2) is 0 Å². The Bertz CT molecular complexity index is 1060. The molecular weight excluding hydrogens is 326 g/mol. The van der Waals surface area contributed by atoms with Crippen LogP contribution in [0.2, 0.25) is 0 Å². The Labute approximate surface area is 150 Å². The molecule has 0 aliphatic heterocycles. The van der Waals surface area contributed by atoms with Crippen LogP contribution in [0.1, 0.15) is 37.4 Å². The Balaban J connectivity index is 1.71. The van der Waals surface area contributed by atoms with Gasteiger partial charge in [-0.1, -0.05) is 48.5 Å². The van der Waals surface area contributed by atoms with E-state index in [2.05, 4.69) is 10.5 Å². The maximum absolute atomic E-state index is 12.8. The fraction of sp³-hybridized carbons (Fsp3) is 0. The molecule has 0 radical (unpaired) electrons. The molecule has 3 aromatic carbocycles. The number of hydrazone groups is 1. The van der Waals surface area contributed by atoms with Gasteiger partial charge in [0, 0.05) is 22.3 Å². The van der Waals surface area contributed by atoms with Crippen LogP contribution in [0.5, 0.6) is 0 Å². The van der Waals surface area contributed by atoms with E-state index in [0.29, 0.717) is 22.3 Å². The summed E-state index contributed by atoms with van der Waals surface area (Å²) in [5.74, 6) is -0.424. The molecule has 5 nitrogen and oxygen atoms in total. The van der Waals surface area contributed by atoms with Gasteiger partial charge in [-0.05, 0) is 18.2 Å². The number of nitrogens with two attached hydrogens (primary N) is 1. The number of hydrogen-bond acceptors (Lipinski definition) is 5. The molecule has 26 heavy (non-hydrogen) atoms. The van der Waals surface area contributed by atoms with E-state index in [9.17, 15) is 9.59 Å². The van der Waals surface area contributed by atoms with Crippen LogP contribution in [-0.4, -0.2) is 17.8 Å². The van der Waals surface area contributed by atoms with Gasteiger partial charge in [0.1, 0.15) is 0 Å². The van der Waals surface area contributed by atoms with E-state index < -0.39 is 0 Å². The lowest BCUT2D eigenvalue weighted by Crippen LogP contribution is -2.23. The van der Waals surface area contributed by atoms with Crippen molar-refractivity contribution in [3.8, 4) is 0 Å². The highest BCUT2D eigenvalue weighted by Gasteiger charge is 2.31. The Kier molecular flexibility index (Phi) is 3.82. The van der Waals surface area contributed by atoms with Crippen LogP contribution in [0, 0.1) is 0 Å². The molecule has 0 heterocycles. The molecule has 1 aliphatic rings. The second-order valence-corrected chi connectivity index (χ2v) is 5.93. The maximum atomic E-state index is 12.8. The van der Waals surface area contributed by atoms with Crippen molar-refractivity contribution in [2.24, 2.45) is 5.10 Å². The first-order valence-corrected chi connectivity index (χ1v) is 8.12. The largest absolute Gasteiger partial charge is 0.398 e. The number of anilines is 2. The minimum Gasteiger partial charge on any atom is -0.398 e. The summed E-state index contributed by atoms with van der Waals surface area (Å²) in [6, 6.07) is 19.6. The topological polar surface area (TPSA) is 84.5 Å². The Morgan fingerprint density at radius 3 is 2.15 bits per heavy atom. The van der Waals surface area contributed by atoms with Gasteiger partial charge >= 0.3 is 0 Å². The second kappa shape index (κ2) is 6.29. The van der Waals surface area contributed by atoms with Crippen LogP contribution < -0.4 is 11.2 Å². The third-order valence-corrected chi connectivity index (χ3v) is 4.34. The Morgan fingerprint density at radius 1 is 0.769 bits per heavy atom. The van der Waals surface area contributed by atoms with Crippen molar-refractivity contribution in [1.82, 2.24) is 0 Å². The second-order valence-electron chi connectivity index (χ2n) is 5.93. The van der Waals surface area contributed by atoms with E-state index in [4.69, 9.17) is 5.73 Å². The molecule has 3 aromatic rings. The molecule has 0 bridgehead atoms. The summed E-state index contributed by atoms with van der Waals surface area (Å²) in [5.41, 5.74) is 12.1. The molecule has 0 aromatic heterocycles. The standard InChI is InChI=1S/C21H15N3O2/c22-19-13(12-23-24-14-6-2-1-3-7-14)10-11-17-18(19)21(26)16-9-5-4-8-15(16)20(17)25/h1-12,24H,22H2/b23-12-. The van der Waals surface area contributed by atoms with E-state index >= 15 is 0 Å². The van der Waals surface area contributed by atoms with Crippen molar-refractivity contribution in [2.75, 3.05) is 11.2 Å². The number of hydrogen-bond donors (Lipinski definition) is 2. The van der Waals surface area contributed by atoms with Crippen LogP contribution in [0.4, 0.5) is 11.4 Å². The molecular formula is C21H15N3O2. The Hall–Kier alpha value is -3.73. The lowest BCUT2D eigenvalue weighted by molar-refractivity contribution is 0.0979. The summed E-state index contributed by atoms with van der Waals surface area (Å²) in [4.78, 5) is 25.5. The molecule has 126 valence electrons. The number of carbonyl (C=O) groups excluding carboxylic acids is 2. The molecule has 1 aliphatic carbocycles. The van der Waals surface area contributed by atoms with Crippen molar-refractivity contribution in [2.45, 2.75) is 0 Å². The summed E-state index contributed by atoms with van der Waals surface area (Å²) >= 11 is 0. The normalized spacial score (nSPS) is 12.8. The van der Waals surface area contributed by atoms with E-state index in [1.54, 1.807) is 42.6 Å². The highest BCUT2D eigenvalue weighted by Crippen LogP contribution is 2.32. The third kappa shape index (κ3) is 2.56. The van der Waals surface area contributed by atoms with Crippen LogP contribution in [0.3, 0.4) is 0 Å². The number of nitrogens with zero attached hydrogens (tertiary/aromatic N) is 1. The van der Waals surface area contributed by atoms with Gasteiger partial charge < -0.3 is 5.73 Å². The first-order valence-electron chi connectivity index (χ1n) is 8.12. The smallest absolute Gasteiger partial charge is 0.196 e. The van der Waals surface area contributed by atoms with Crippen LogP contribution in [0.15, 0.2) is 71.8 Å². The third-order valence-electron chi connectivity index (χ3n) is 4.34. The van der Waals surface area contributed by atoms with E-state index in [1.807, 2.05) is 30.3 Å². The van der Waals surface area contributed by atoms with Gasteiger partial charge in [-0.2, -0.15) is 5.10 Å². The molecule has 0 saturated heterocycles. The van der Waals surface area contributed by atoms with E-state index in [0.717, 1.165) is 5.69 Å². The summed E-state index contributed by atoms with van der Waals surface area (Å²) in [6.45, 7) is 0. The summed E-state index contributed by atoms with van der Waals surface area (Å²) in [6.07, 6.45) is 1.54. The van der Waals surface area contributed by atoms with Gasteiger partial charge in [-0.15, -0.1) is 0 Å². The van der Waals surface area contributed by atoms with E-state index in [1.165, 1.54) is 0 Å². The Morgan fingerprint density at radius 2 is 1.42 bits per heavy atom. The van der Waals surface area contributed by atoms with Crippen LogP contribution in [0.25, 0.3) is 0 Å². The quantitative estimate of drug-likeness (QED) is 0.339. The molecule has 4 rings (SSSR count). The predicted octanol–water partition coefficient (Wildman–Crippen LogP) is 3.49. The number of rotatable bonds is 3. The number of fused-ring (bicyclic) bond motifs is 2. The van der Waals surface area contributed by atoms with Gasteiger partial charge in [0.05, 0.1) is 23.2 Å². The zero-order valence-electron chi connectivity index (χ0n) is 13.8. The SMILES string of the molecule is Nc1c(/C=N\Nc2ccccc2)ccc2c1C(=O)c1ccccc1C2=O. The van der Waals surface area contributed by atoms with Crippen molar-refractivity contribution >= 4 is 29.2 Å². The first kappa shape index (κ1) is 15.8.